The fraction of sp³-hybridized carbons (Fsp3) is 0. The van der Waals surface area contributed by atoms with Gasteiger partial charge in [-0.3, -0.25) is 4.59 Å². The molecule has 0 saturated heterocycles. The molecule has 0 spiro atoms. The van der Waals surface area contributed by atoms with E-state index in [1.807, 2.05) is 0 Å². The third kappa shape index (κ3) is 2.29. The van der Waals surface area contributed by atoms with Gasteiger partial charge in [0.25, 0.3) is 0 Å². The molecule has 9 aromatic rings. The Morgan fingerprint density at radius 1 is 0.500 bits per heavy atom. The highest BCUT2D eigenvalue weighted by Crippen LogP contribution is 2.42. The molecule has 0 aliphatic carbocycles. The molecule has 0 fully saturated rings. The fourth-order valence-corrected chi connectivity index (χ4v) is 8.01. The fourth-order valence-electron chi connectivity index (χ4n) is 8.01. The molecule has 5 heterocycles. The lowest BCUT2D eigenvalue weighted by Gasteiger charge is -2.32. The van der Waals surface area contributed by atoms with Crippen LogP contribution in [0.5, 0.6) is 0 Å². The van der Waals surface area contributed by atoms with Crippen molar-refractivity contribution >= 4 is 72.4 Å². The molecule has 6 aromatic carbocycles. The van der Waals surface area contributed by atoms with Crippen molar-refractivity contribution in [1.82, 2.24) is 24.0 Å². The number of hydrogen-bond donors (Lipinski definition) is 0. The molecule has 6 heteroatoms. The molecule has 0 atom stereocenters. The molecular formula is C36H20BN5. The number of fused-ring (bicyclic) bond motifs is 10. The Kier molecular flexibility index (Phi) is 3.61. The van der Waals surface area contributed by atoms with Crippen LogP contribution in [-0.2, 0) is 0 Å². The summed E-state index contributed by atoms with van der Waals surface area (Å²) in [7, 11) is 0. The second-order valence-corrected chi connectivity index (χ2v) is 11.5. The van der Waals surface area contributed by atoms with Gasteiger partial charge in [0.05, 0.1) is 33.3 Å². The van der Waals surface area contributed by atoms with Crippen LogP contribution in [0.15, 0.2) is 121 Å². The first-order valence-electron chi connectivity index (χ1n) is 14.4. The molecule has 5 nitrogen and oxygen atoms in total. The first-order chi connectivity index (χ1) is 20.9. The lowest BCUT2D eigenvalue weighted by Crippen LogP contribution is -2.55. The minimum Gasteiger partial charge on any atom is -0.310 e. The average molecular weight is 533 g/mol. The largest absolute Gasteiger partial charge is 0.356 e. The molecule has 0 radical (unpaired) electrons. The van der Waals surface area contributed by atoms with Gasteiger partial charge in [0, 0.05) is 32.8 Å². The van der Waals surface area contributed by atoms with Crippen molar-refractivity contribution in [3.8, 4) is 22.5 Å². The van der Waals surface area contributed by atoms with Crippen LogP contribution in [0.2, 0.25) is 0 Å². The second-order valence-electron chi connectivity index (χ2n) is 11.5. The van der Waals surface area contributed by atoms with Crippen molar-refractivity contribution in [2.45, 2.75) is 0 Å². The van der Waals surface area contributed by atoms with Gasteiger partial charge in [-0.1, -0.05) is 90.1 Å². The lowest BCUT2D eigenvalue weighted by atomic mass is 9.46. The topological polar surface area (TPSA) is 40.6 Å². The van der Waals surface area contributed by atoms with Crippen molar-refractivity contribution in [2.24, 2.45) is 0 Å². The van der Waals surface area contributed by atoms with Gasteiger partial charge in [0.1, 0.15) is 5.52 Å². The van der Waals surface area contributed by atoms with Crippen LogP contribution in [0.25, 0.3) is 77.1 Å². The zero-order valence-corrected chi connectivity index (χ0v) is 22.4. The van der Waals surface area contributed by atoms with Crippen LogP contribution in [-0.4, -0.2) is 30.9 Å². The first-order valence-corrected chi connectivity index (χ1v) is 14.4. The van der Waals surface area contributed by atoms with E-state index in [9.17, 15) is 0 Å². The van der Waals surface area contributed by atoms with Gasteiger partial charge >= 0.3 is 6.85 Å². The molecule has 2 aliphatic rings. The Bertz CT molecular complexity index is 2600. The van der Waals surface area contributed by atoms with Crippen molar-refractivity contribution < 1.29 is 0 Å². The summed E-state index contributed by atoms with van der Waals surface area (Å²) in [5.41, 5.74) is 14.4. The lowest BCUT2D eigenvalue weighted by molar-refractivity contribution is 0.882. The Hall–Kier alpha value is -5.62. The van der Waals surface area contributed by atoms with Gasteiger partial charge in [-0.25, -0.2) is 0 Å². The van der Waals surface area contributed by atoms with Crippen LogP contribution in [0.3, 0.4) is 0 Å². The summed E-state index contributed by atoms with van der Waals surface area (Å²) in [6, 6.07) is 44.1. The summed E-state index contributed by atoms with van der Waals surface area (Å²) >= 11 is 0. The average Bonchev–Trinajstić information content (AvgIpc) is 3.73. The monoisotopic (exact) mass is 533 g/mol. The molecule has 192 valence electrons. The highest BCUT2D eigenvalue weighted by Gasteiger charge is 2.41. The van der Waals surface area contributed by atoms with Gasteiger partial charge in [-0.05, 0) is 52.9 Å². The van der Waals surface area contributed by atoms with Crippen molar-refractivity contribution in [2.75, 3.05) is 0 Å². The first kappa shape index (κ1) is 21.2. The maximum Gasteiger partial charge on any atom is 0.356 e. The van der Waals surface area contributed by atoms with Crippen molar-refractivity contribution in [1.29, 1.82) is 0 Å². The molecule has 11 rings (SSSR count). The second kappa shape index (κ2) is 7.17. The molecule has 0 N–H and O–H groups in total. The Labute approximate surface area is 239 Å². The number of rotatable bonds is 1. The number of para-hydroxylation sites is 4. The molecular weight excluding hydrogens is 513 g/mol. The van der Waals surface area contributed by atoms with Crippen LogP contribution in [0.1, 0.15) is 0 Å². The Morgan fingerprint density at radius 3 is 1.95 bits per heavy atom. The van der Waals surface area contributed by atoms with Crippen molar-refractivity contribution in [3.63, 3.8) is 0 Å². The Balaban J connectivity index is 1.36. The quantitative estimate of drug-likeness (QED) is 0.224. The Morgan fingerprint density at radius 2 is 1.17 bits per heavy atom. The van der Waals surface area contributed by atoms with E-state index in [-0.39, 0.29) is 6.85 Å². The van der Waals surface area contributed by atoms with E-state index in [2.05, 4.69) is 140 Å². The standard InChI is InChI=1S/C36H20BN5/c1-4-15-28-21(9-1)22-10-2-5-16-29(22)40(28)31-20-19-26-36-33(31)25-11-3-6-17-30(25)41(36)32-18-8-12-23-24-13-7-14-27-35(24)42(39-38-27)37(26)34(23)32/h1-20H. The van der Waals surface area contributed by atoms with Gasteiger partial charge < -0.3 is 9.13 Å². The minimum atomic E-state index is -0.0531. The van der Waals surface area contributed by atoms with Gasteiger partial charge in [-0.2, -0.15) is 0 Å². The van der Waals surface area contributed by atoms with Gasteiger partial charge in [0.15, 0.2) is 0 Å². The van der Waals surface area contributed by atoms with E-state index in [0.717, 1.165) is 11.0 Å². The van der Waals surface area contributed by atoms with Gasteiger partial charge in [-0.15, -0.1) is 5.10 Å². The minimum absolute atomic E-state index is 0.0531. The van der Waals surface area contributed by atoms with Crippen molar-refractivity contribution in [3.05, 3.63) is 121 Å². The summed E-state index contributed by atoms with van der Waals surface area (Å²) in [6.45, 7) is -0.0531. The maximum atomic E-state index is 4.77. The maximum absolute atomic E-state index is 4.77. The third-order valence-electron chi connectivity index (χ3n) is 9.57. The summed E-state index contributed by atoms with van der Waals surface area (Å²) in [6.07, 6.45) is 0. The van der Waals surface area contributed by atoms with Gasteiger partial charge in [0.2, 0.25) is 0 Å². The van der Waals surface area contributed by atoms with E-state index in [1.54, 1.807) is 0 Å². The summed E-state index contributed by atoms with van der Waals surface area (Å²) < 4.78 is 7.11. The summed E-state index contributed by atoms with van der Waals surface area (Å²) in [5, 5.41) is 14.4. The van der Waals surface area contributed by atoms with E-state index in [0.29, 0.717) is 0 Å². The van der Waals surface area contributed by atoms with E-state index < -0.39 is 0 Å². The molecule has 0 amide bonds. The highest BCUT2D eigenvalue weighted by atomic mass is 15.4. The van der Waals surface area contributed by atoms with E-state index in [4.69, 9.17) is 5.21 Å². The molecule has 0 unspecified atom stereocenters. The van der Waals surface area contributed by atoms with Crippen LogP contribution < -0.4 is 10.9 Å². The molecule has 0 saturated carbocycles. The summed E-state index contributed by atoms with van der Waals surface area (Å²) in [4.78, 5) is 0. The molecule has 0 bridgehead atoms. The third-order valence-corrected chi connectivity index (χ3v) is 9.57. The van der Waals surface area contributed by atoms with Crippen LogP contribution in [0, 0.1) is 0 Å². The van der Waals surface area contributed by atoms with E-state index >= 15 is 0 Å². The summed E-state index contributed by atoms with van der Waals surface area (Å²) in [5.74, 6) is 0. The zero-order valence-electron chi connectivity index (χ0n) is 22.4. The number of nitrogens with zero attached hydrogens (tertiary/aromatic N) is 5. The predicted octanol–water partition coefficient (Wildman–Crippen LogP) is 6.57. The smallest absolute Gasteiger partial charge is 0.310 e. The number of benzene rings is 6. The number of hydrogen-bond acceptors (Lipinski definition) is 2. The molecule has 2 aliphatic heterocycles. The van der Waals surface area contributed by atoms with Crippen LogP contribution >= 0.6 is 0 Å². The van der Waals surface area contributed by atoms with E-state index in [1.165, 1.54) is 77.0 Å². The SMILES string of the molecule is c1cc2c3c(c1)-n1c4ccccc4c4c(-n5c6ccccc6c6ccccc65)ccc(c41)B3n1nnc3cccc-2c31. The number of aromatic nitrogens is 5. The predicted molar refractivity (Wildman–Crippen MR) is 172 cm³/mol. The molecule has 42 heavy (non-hydrogen) atoms. The highest BCUT2D eigenvalue weighted by molar-refractivity contribution is 6.89. The molecule has 3 aromatic heterocycles. The van der Waals surface area contributed by atoms with Crippen LogP contribution in [0.4, 0.5) is 0 Å². The normalized spacial score (nSPS) is 13.2. The zero-order chi connectivity index (χ0) is 27.1.